The zero-order valence-corrected chi connectivity index (χ0v) is 11.7. The molecule has 0 saturated carbocycles. The van der Waals surface area contributed by atoms with Crippen molar-refractivity contribution in [1.82, 2.24) is 4.98 Å². The zero-order chi connectivity index (χ0) is 10.8. The van der Waals surface area contributed by atoms with Crippen LogP contribution in [-0.4, -0.2) is 4.98 Å². The van der Waals surface area contributed by atoms with Crippen molar-refractivity contribution in [3.05, 3.63) is 43.8 Å². The molecule has 0 radical (unpaired) electrons. The predicted octanol–water partition coefficient (Wildman–Crippen LogP) is 3.84. The lowest BCUT2D eigenvalue weighted by molar-refractivity contribution is 1.19. The first kappa shape index (κ1) is 11.1. The molecule has 0 aliphatic rings. The quantitative estimate of drug-likeness (QED) is 0.896. The lowest BCUT2D eigenvalue weighted by Gasteiger charge is -2.04. The van der Waals surface area contributed by atoms with Gasteiger partial charge >= 0.3 is 0 Å². The smallest absolute Gasteiger partial charge is 0.180 e. The highest BCUT2D eigenvalue weighted by Crippen LogP contribution is 2.29. The van der Waals surface area contributed by atoms with Crippen LogP contribution in [0.1, 0.15) is 10.4 Å². The standard InChI is InChI=1S/C10H8Br2N2S/c11-8-2-1-3-9(12)7(8)4-6-5-14-10(13)15-6/h1-3,5H,4H2,(H2,13,14). The molecule has 0 aliphatic heterocycles. The fourth-order valence-corrected chi connectivity index (χ4v) is 3.25. The summed E-state index contributed by atoms with van der Waals surface area (Å²) in [5.41, 5.74) is 6.82. The number of hydrogen-bond acceptors (Lipinski definition) is 3. The molecule has 2 rings (SSSR count). The van der Waals surface area contributed by atoms with Gasteiger partial charge in [-0.1, -0.05) is 37.9 Å². The molecule has 0 amide bonds. The van der Waals surface area contributed by atoms with Crippen molar-refractivity contribution in [2.45, 2.75) is 6.42 Å². The Kier molecular flexibility index (Phi) is 3.43. The summed E-state index contributed by atoms with van der Waals surface area (Å²) in [7, 11) is 0. The van der Waals surface area contributed by atoms with Gasteiger partial charge in [-0.25, -0.2) is 4.98 Å². The van der Waals surface area contributed by atoms with E-state index in [0.29, 0.717) is 5.13 Å². The second-order valence-corrected chi connectivity index (χ2v) is 5.90. The molecule has 2 N–H and O–H groups in total. The molecule has 0 fully saturated rings. The highest BCUT2D eigenvalue weighted by atomic mass is 79.9. The molecule has 0 saturated heterocycles. The summed E-state index contributed by atoms with van der Waals surface area (Å²) in [5.74, 6) is 0. The van der Waals surface area contributed by atoms with Crippen LogP contribution in [0.3, 0.4) is 0 Å². The Morgan fingerprint density at radius 1 is 1.27 bits per heavy atom. The SMILES string of the molecule is Nc1ncc(Cc2c(Br)cccc2Br)s1. The summed E-state index contributed by atoms with van der Waals surface area (Å²) >= 11 is 8.59. The van der Waals surface area contributed by atoms with Crippen LogP contribution in [0.15, 0.2) is 33.3 Å². The second kappa shape index (κ2) is 4.63. The fourth-order valence-electron chi connectivity index (χ4n) is 1.28. The number of hydrogen-bond donors (Lipinski definition) is 1. The maximum Gasteiger partial charge on any atom is 0.180 e. The van der Waals surface area contributed by atoms with E-state index in [1.807, 2.05) is 24.4 Å². The van der Waals surface area contributed by atoms with Crippen molar-refractivity contribution in [3.63, 3.8) is 0 Å². The first-order valence-electron chi connectivity index (χ1n) is 4.30. The van der Waals surface area contributed by atoms with E-state index in [2.05, 4.69) is 36.8 Å². The van der Waals surface area contributed by atoms with Crippen LogP contribution in [0.2, 0.25) is 0 Å². The summed E-state index contributed by atoms with van der Waals surface area (Å²) in [6.45, 7) is 0. The van der Waals surface area contributed by atoms with Gasteiger partial charge in [-0.05, 0) is 17.7 Å². The van der Waals surface area contributed by atoms with E-state index in [9.17, 15) is 0 Å². The van der Waals surface area contributed by atoms with Crippen molar-refractivity contribution in [2.75, 3.05) is 5.73 Å². The summed E-state index contributed by atoms with van der Waals surface area (Å²) < 4.78 is 2.20. The van der Waals surface area contributed by atoms with Crippen molar-refractivity contribution < 1.29 is 0 Å². The van der Waals surface area contributed by atoms with Gasteiger partial charge in [0.05, 0.1) is 0 Å². The molecular weight excluding hydrogens is 340 g/mol. The first-order chi connectivity index (χ1) is 7.16. The van der Waals surface area contributed by atoms with E-state index in [1.165, 1.54) is 21.8 Å². The number of nitrogen functional groups attached to an aromatic ring is 1. The van der Waals surface area contributed by atoms with Crippen LogP contribution in [0, 0.1) is 0 Å². The molecule has 1 aromatic heterocycles. The number of anilines is 1. The zero-order valence-electron chi connectivity index (χ0n) is 7.71. The Morgan fingerprint density at radius 3 is 2.47 bits per heavy atom. The highest BCUT2D eigenvalue weighted by Gasteiger charge is 2.07. The lowest BCUT2D eigenvalue weighted by Crippen LogP contribution is -1.88. The van der Waals surface area contributed by atoms with Crippen molar-refractivity contribution in [1.29, 1.82) is 0 Å². The Morgan fingerprint density at radius 2 is 1.93 bits per heavy atom. The van der Waals surface area contributed by atoms with Crippen molar-refractivity contribution >= 4 is 48.3 Å². The fraction of sp³-hybridized carbons (Fsp3) is 0.100. The summed E-state index contributed by atoms with van der Waals surface area (Å²) in [6.07, 6.45) is 2.67. The number of nitrogens with two attached hydrogens (primary N) is 1. The third kappa shape index (κ3) is 2.59. The minimum atomic E-state index is 0.619. The van der Waals surface area contributed by atoms with E-state index in [-0.39, 0.29) is 0 Å². The van der Waals surface area contributed by atoms with Gasteiger partial charge in [-0.2, -0.15) is 0 Å². The molecule has 0 unspecified atom stereocenters. The monoisotopic (exact) mass is 346 g/mol. The van der Waals surface area contributed by atoms with Gasteiger partial charge in [0.2, 0.25) is 0 Å². The minimum Gasteiger partial charge on any atom is -0.375 e. The van der Waals surface area contributed by atoms with Gasteiger partial charge in [-0.15, -0.1) is 11.3 Å². The highest BCUT2D eigenvalue weighted by molar-refractivity contribution is 9.11. The van der Waals surface area contributed by atoms with Crippen LogP contribution >= 0.6 is 43.2 Å². The van der Waals surface area contributed by atoms with Gasteiger partial charge in [0, 0.05) is 26.4 Å². The lowest BCUT2D eigenvalue weighted by atomic mass is 10.1. The van der Waals surface area contributed by atoms with Crippen LogP contribution in [-0.2, 0) is 6.42 Å². The van der Waals surface area contributed by atoms with Gasteiger partial charge in [0.15, 0.2) is 5.13 Å². The maximum atomic E-state index is 5.59. The molecule has 2 nitrogen and oxygen atoms in total. The largest absolute Gasteiger partial charge is 0.375 e. The van der Waals surface area contributed by atoms with E-state index < -0.39 is 0 Å². The molecule has 15 heavy (non-hydrogen) atoms. The topological polar surface area (TPSA) is 38.9 Å². The molecule has 1 heterocycles. The molecule has 0 bridgehead atoms. The summed E-state index contributed by atoms with van der Waals surface area (Å²) in [4.78, 5) is 5.20. The molecular formula is C10H8Br2N2S. The van der Waals surface area contributed by atoms with E-state index in [0.717, 1.165) is 15.4 Å². The molecule has 0 aliphatic carbocycles. The number of rotatable bonds is 2. The number of halogens is 2. The second-order valence-electron chi connectivity index (χ2n) is 3.04. The van der Waals surface area contributed by atoms with Gasteiger partial charge in [-0.3, -0.25) is 0 Å². The van der Waals surface area contributed by atoms with Crippen LogP contribution in [0.5, 0.6) is 0 Å². The third-order valence-corrected chi connectivity index (χ3v) is 4.30. The Balaban J connectivity index is 2.31. The maximum absolute atomic E-state index is 5.59. The van der Waals surface area contributed by atoms with Gasteiger partial charge in [0.1, 0.15) is 0 Å². The van der Waals surface area contributed by atoms with Gasteiger partial charge in [0.25, 0.3) is 0 Å². The third-order valence-electron chi connectivity index (χ3n) is 1.98. The number of thiazole rings is 1. The van der Waals surface area contributed by atoms with Crippen LogP contribution in [0.25, 0.3) is 0 Å². The Hall–Kier alpha value is -0.390. The van der Waals surface area contributed by atoms with Gasteiger partial charge < -0.3 is 5.73 Å². The normalized spacial score (nSPS) is 10.5. The van der Waals surface area contributed by atoms with Crippen LogP contribution < -0.4 is 5.73 Å². The van der Waals surface area contributed by atoms with Crippen LogP contribution in [0.4, 0.5) is 5.13 Å². The predicted molar refractivity (Wildman–Crippen MR) is 71.2 cm³/mol. The molecule has 2 aromatic rings. The Bertz CT molecular complexity index is 462. The molecule has 78 valence electrons. The van der Waals surface area contributed by atoms with Crippen molar-refractivity contribution in [3.8, 4) is 0 Å². The average Bonchev–Trinajstić information content (AvgIpc) is 2.58. The van der Waals surface area contributed by atoms with E-state index >= 15 is 0 Å². The number of nitrogens with zero attached hydrogens (tertiary/aromatic N) is 1. The van der Waals surface area contributed by atoms with Crippen molar-refractivity contribution in [2.24, 2.45) is 0 Å². The molecule has 1 aromatic carbocycles. The number of benzene rings is 1. The summed E-state index contributed by atoms with van der Waals surface area (Å²) in [5, 5.41) is 0.619. The van der Waals surface area contributed by atoms with E-state index in [1.54, 1.807) is 0 Å². The number of aromatic nitrogens is 1. The molecule has 0 spiro atoms. The first-order valence-corrected chi connectivity index (χ1v) is 6.70. The molecule has 5 heteroatoms. The minimum absolute atomic E-state index is 0.619. The van der Waals surface area contributed by atoms with E-state index in [4.69, 9.17) is 5.73 Å². The summed E-state index contributed by atoms with van der Waals surface area (Å²) in [6, 6.07) is 6.06. The Labute approximate surface area is 109 Å². The average molecular weight is 348 g/mol. The molecule has 0 atom stereocenters.